The molecular formula is C17H16N4. The number of hydrogen-bond acceptors (Lipinski definition) is 3. The topological polar surface area (TPSA) is 42.7 Å². The highest BCUT2D eigenvalue weighted by Gasteiger charge is 2.17. The number of nitrogens with zero attached hydrogens (tertiary/aromatic N) is 3. The van der Waals surface area contributed by atoms with Crippen molar-refractivity contribution in [2.75, 3.05) is 5.32 Å². The molecule has 104 valence electrons. The molecule has 4 nitrogen and oxygen atoms in total. The van der Waals surface area contributed by atoms with Gasteiger partial charge in [0, 0.05) is 12.7 Å². The summed E-state index contributed by atoms with van der Waals surface area (Å²) in [5, 5.41) is 11.4. The van der Waals surface area contributed by atoms with Crippen molar-refractivity contribution in [1.29, 1.82) is 0 Å². The lowest BCUT2D eigenvalue weighted by atomic mass is 10.1. The second-order valence-corrected chi connectivity index (χ2v) is 5.42. The summed E-state index contributed by atoms with van der Waals surface area (Å²) in [6.45, 7) is 0.683. The van der Waals surface area contributed by atoms with E-state index in [4.69, 9.17) is 0 Å². The third-order valence-electron chi connectivity index (χ3n) is 4.05. The van der Waals surface area contributed by atoms with Crippen LogP contribution in [0.2, 0.25) is 0 Å². The van der Waals surface area contributed by atoms with Gasteiger partial charge in [0.05, 0.1) is 6.54 Å². The average molecular weight is 276 g/mol. The van der Waals surface area contributed by atoms with E-state index in [-0.39, 0.29) is 0 Å². The lowest BCUT2D eigenvalue weighted by Gasteiger charge is -2.08. The van der Waals surface area contributed by atoms with Crippen molar-refractivity contribution in [3.05, 3.63) is 65.7 Å². The van der Waals surface area contributed by atoms with Crippen LogP contribution in [0.4, 0.5) is 5.69 Å². The number of nitrogens with one attached hydrogen (secondary N) is 1. The van der Waals surface area contributed by atoms with E-state index in [9.17, 15) is 0 Å². The lowest BCUT2D eigenvalue weighted by Crippen LogP contribution is -2.05. The fraction of sp³-hybridized carbons (Fsp3) is 0.176. The lowest BCUT2D eigenvalue weighted by molar-refractivity contribution is 0.812. The van der Waals surface area contributed by atoms with Crippen LogP contribution in [-0.4, -0.2) is 14.8 Å². The van der Waals surface area contributed by atoms with Gasteiger partial charge >= 0.3 is 0 Å². The number of aryl methyl sites for hydroxylation is 1. The first-order valence-corrected chi connectivity index (χ1v) is 7.09. The van der Waals surface area contributed by atoms with Crippen LogP contribution >= 0.6 is 0 Å². The highest BCUT2D eigenvalue weighted by atomic mass is 15.3. The highest BCUT2D eigenvalue weighted by Crippen LogP contribution is 2.37. The maximum atomic E-state index is 4.09. The number of fused-ring (bicyclic) bond motifs is 3. The van der Waals surface area contributed by atoms with Gasteiger partial charge in [-0.15, -0.1) is 10.2 Å². The van der Waals surface area contributed by atoms with Gasteiger partial charge in [-0.3, -0.25) is 0 Å². The normalized spacial score (nSPS) is 12.0. The first-order valence-electron chi connectivity index (χ1n) is 7.09. The maximum Gasteiger partial charge on any atom is 0.151 e. The van der Waals surface area contributed by atoms with Crippen LogP contribution in [0, 0.1) is 0 Å². The van der Waals surface area contributed by atoms with Gasteiger partial charge in [0.2, 0.25) is 0 Å². The van der Waals surface area contributed by atoms with E-state index in [1.165, 1.54) is 22.3 Å². The summed E-state index contributed by atoms with van der Waals surface area (Å²) in [5.41, 5.74) is 6.66. The second-order valence-electron chi connectivity index (χ2n) is 5.42. The molecule has 1 aliphatic carbocycles. The molecule has 0 bridgehead atoms. The van der Waals surface area contributed by atoms with Crippen molar-refractivity contribution in [2.45, 2.75) is 13.0 Å². The van der Waals surface area contributed by atoms with Crippen LogP contribution < -0.4 is 5.32 Å². The largest absolute Gasteiger partial charge is 0.378 e. The standard InChI is InChI=1S/C17H16N4/c1-21-11-19-20-17(21)10-18-14-6-7-16-13(9-14)8-12-4-2-3-5-15(12)16/h2-7,9,11,18H,8,10H2,1H3. The molecule has 0 amide bonds. The molecule has 0 saturated carbocycles. The maximum absolute atomic E-state index is 4.09. The van der Waals surface area contributed by atoms with E-state index in [0.717, 1.165) is 17.9 Å². The number of anilines is 1. The van der Waals surface area contributed by atoms with E-state index in [0.29, 0.717) is 6.54 Å². The smallest absolute Gasteiger partial charge is 0.151 e. The molecule has 0 fully saturated rings. The minimum absolute atomic E-state index is 0.683. The minimum atomic E-state index is 0.683. The Kier molecular flexibility index (Phi) is 2.74. The van der Waals surface area contributed by atoms with Crippen molar-refractivity contribution in [3.63, 3.8) is 0 Å². The third kappa shape index (κ3) is 2.09. The van der Waals surface area contributed by atoms with Gasteiger partial charge in [0.15, 0.2) is 5.82 Å². The van der Waals surface area contributed by atoms with Crippen molar-refractivity contribution < 1.29 is 0 Å². The second kappa shape index (κ2) is 4.74. The molecule has 1 aromatic heterocycles. The summed E-state index contributed by atoms with van der Waals surface area (Å²) < 4.78 is 1.93. The fourth-order valence-electron chi connectivity index (χ4n) is 2.90. The van der Waals surface area contributed by atoms with Crippen molar-refractivity contribution >= 4 is 5.69 Å². The van der Waals surface area contributed by atoms with E-state index >= 15 is 0 Å². The highest BCUT2D eigenvalue weighted by molar-refractivity contribution is 5.78. The molecular weight excluding hydrogens is 260 g/mol. The average Bonchev–Trinajstić information content (AvgIpc) is 3.07. The summed E-state index contributed by atoms with van der Waals surface area (Å²) >= 11 is 0. The number of rotatable bonds is 3. The summed E-state index contributed by atoms with van der Waals surface area (Å²) in [7, 11) is 1.95. The molecule has 0 atom stereocenters. The summed E-state index contributed by atoms with van der Waals surface area (Å²) in [6.07, 6.45) is 2.74. The molecule has 1 heterocycles. The van der Waals surface area contributed by atoms with E-state index in [2.05, 4.69) is 58.0 Å². The summed E-state index contributed by atoms with van der Waals surface area (Å²) in [4.78, 5) is 0. The van der Waals surface area contributed by atoms with Crippen LogP contribution in [0.25, 0.3) is 11.1 Å². The first kappa shape index (κ1) is 12.1. The molecule has 0 unspecified atom stereocenters. The van der Waals surface area contributed by atoms with E-state index < -0.39 is 0 Å². The molecule has 2 aromatic carbocycles. The number of hydrogen-bond donors (Lipinski definition) is 1. The summed E-state index contributed by atoms with van der Waals surface area (Å²) in [5.74, 6) is 0.929. The Morgan fingerprint density at radius 1 is 1.10 bits per heavy atom. The minimum Gasteiger partial charge on any atom is -0.378 e. The predicted molar refractivity (Wildman–Crippen MR) is 83.0 cm³/mol. The predicted octanol–water partition coefficient (Wildman–Crippen LogP) is 3.00. The molecule has 0 aliphatic heterocycles. The van der Waals surface area contributed by atoms with Crippen molar-refractivity contribution in [2.24, 2.45) is 7.05 Å². The van der Waals surface area contributed by atoms with Gasteiger partial charge in [0.25, 0.3) is 0 Å². The van der Waals surface area contributed by atoms with Gasteiger partial charge in [0.1, 0.15) is 6.33 Å². The number of benzene rings is 2. The Bertz CT molecular complexity index is 804. The SMILES string of the molecule is Cn1cnnc1CNc1ccc2c(c1)Cc1ccccc1-2. The van der Waals surface area contributed by atoms with E-state index in [1.54, 1.807) is 6.33 Å². The number of aromatic nitrogens is 3. The van der Waals surface area contributed by atoms with Crippen LogP contribution in [0.3, 0.4) is 0 Å². The zero-order valence-electron chi connectivity index (χ0n) is 11.9. The Morgan fingerprint density at radius 3 is 2.81 bits per heavy atom. The van der Waals surface area contributed by atoms with Gasteiger partial charge in [-0.05, 0) is 40.8 Å². The monoisotopic (exact) mass is 276 g/mol. The van der Waals surface area contributed by atoms with Crippen molar-refractivity contribution in [3.8, 4) is 11.1 Å². The van der Waals surface area contributed by atoms with Gasteiger partial charge in [-0.25, -0.2) is 0 Å². The molecule has 21 heavy (non-hydrogen) atoms. The first-order chi connectivity index (χ1) is 10.3. The van der Waals surface area contributed by atoms with Crippen molar-refractivity contribution in [1.82, 2.24) is 14.8 Å². The van der Waals surface area contributed by atoms with Crippen LogP contribution in [0.5, 0.6) is 0 Å². The molecule has 0 radical (unpaired) electrons. The Hall–Kier alpha value is -2.62. The molecule has 3 aromatic rings. The van der Waals surface area contributed by atoms with Gasteiger partial charge < -0.3 is 9.88 Å². The molecule has 1 N–H and O–H groups in total. The molecule has 4 rings (SSSR count). The molecule has 4 heteroatoms. The summed E-state index contributed by atoms with van der Waals surface area (Å²) in [6, 6.07) is 15.2. The molecule has 0 spiro atoms. The van der Waals surface area contributed by atoms with Gasteiger partial charge in [-0.1, -0.05) is 30.3 Å². The zero-order valence-corrected chi connectivity index (χ0v) is 11.9. The fourth-order valence-corrected chi connectivity index (χ4v) is 2.90. The molecule has 0 saturated heterocycles. The van der Waals surface area contributed by atoms with Gasteiger partial charge in [-0.2, -0.15) is 0 Å². The van der Waals surface area contributed by atoms with E-state index in [1.807, 2.05) is 11.6 Å². The zero-order chi connectivity index (χ0) is 14.2. The quantitative estimate of drug-likeness (QED) is 0.625. The molecule has 1 aliphatic rings. The van der Waals surface area contributed by atoms with Crippen LogP contribution in [-0.2, 0) is 20.0 Å². The van der Waals surface area contributed by atoms with Crippen LogP contribution in [0.1, 0.15) is 17.0 Å². The Labute approximate surface area is 123 Å². The van der Waals surface area contributed by atoms with Crippen LogP contribution in [0.15, 0.2) is 48.8 Å². The Morgan fingerprint density at radius 2 is 1.95 bits per heavy atom. The Balaban J connectivity index is 1.57. The third-order valence-corrected chi connectivity index (χ3v) is 4.05.